The zero-order valence-electron chi connectivity index (χ0n) is 25.0. The van der Waals surface area contributed by atoms with Crippen LogP contribution in [0, 0.1) is 5.41 Å². The van der Waals surface area contributed by atoms with E-state index in [9.17, 15) is 0 Å². The van der Waals surface area contributed by atoms with Crippen LogP contribution in [-0.2, 0) is 0 Å². The third-order valence-electron chi connectivity index (χ3n) is 10.3. The first kappa shape index (κ1) is 28.5. The highest BCUT2D eigenvalue weighted by atomic mass is 79.9. The number of unbranched alkanes of at least 4 members (excludes halogenated alkanes) is 2. The van der Waals surface area contributed by atoms with Gasteiger partial charge >= 0.3 is 6.01 Å². The quantitative estimate of drug-likeness (QED) is 0.238. The lowest BCUT2D eigenvalue weighted by Crippen LogP contribution is -2.40. The highest BCUT2D eigenvalue weighted by Gasteiger charge is 2.36. The van der Waals surface area contributed by atoms with Crippen molar-refractivity contribution in [3.8, 4) is 11.8 Å². The van der Waals surface area contributed by atoms with Crippen LogP contribution in [0.2, 0.25) is 0 Å². The van der Waals surface area contributed by atoms with E-state index in [0.717, 1.165) is 78.8 Å². The number of aromatic nitrogens is 2. The van der Waals surface area contributed by atoms with Gasteiger partial charge in [-0.1, -0.05) is 39.5 Å². The summed E-state index contributed by atoms with van der Waals surface area (Å²) >= 11 is 3.98. The summed E-state index contributed by atoms with van der Waals surface area (Å²) in [6, 6.07) is 2.90. The second-order valence-corrected chi connectivity index (χ2v) is 14.0. The van der Waals surface area contributed by atoms with Gasteiger partial charge in [-0.25, -0.2) is 0 Å². The summed E-state index contributed by atoms with van der Waals surface area (Å²) < 4.78 is 14.4. The van der Waals surface area contributed by atoms with Crippen LogP contribution < -0.4 is 14.4 Å². The molecule has 2 saturated carbocycles. The molecule has 3 heterocycles. The van der Waals surface area contributed by atoms with E-state index in [2.05, 4.69) is 52.7 Å². The number of nitrogens with zero attached hydrogens (tertiary/aromatic N) is 4. The van der Waals surface area contributed by atoms with Crippen molar-refractivity contribution in [1.29, 1.82) is 0 Å². The SMILES string of the molecule is CCCCCC1(CC)CCN(c2nc(OC3CCN(C)CC3)nc3c(OC4CCC4)c(Br)c(C4CC4)cc23)CC1. The summed E-state index contributed by atoms with van der Waals surface area (Å²) in [4.78, 5) is 15.2. The minimum Gasteiger partial charge on any atom is -0.487 e. The maximum absolute atomic E-state index is 6.70. The van der Waals surface area contributed by atoms with Gasteiger partial charge in [-0.2, -0.15) is 9.97 Å². The minimum atomic E-state index is 0.166. The molecule has 0 unspecified atom stereocenters. The fourth-order valence-electron chi connectivity index (χ4n) is 6.92. The molecule has 40 heavy (non-hydrogen) atoms. The molecule has 1 aromatic heterocycles. The third-order valence-corrected chi connectivity index (χ3v) is 11.2. The topological polar surface area (TPSA) is 50.7 Å². The van der Waals surface area contributed by atoms with E-state index in [-0.39, 0.29) is 12.2 Å². The Labute approximate surface area is 249 Å². The Kier molecular flexibility index (Phi) is 8.79. The highest BCUT2D eigenvalue weighted by Crippen LogP contribution is 2.51. The minimum absolute atomic E-state index is 0.166. The zero-order valence-corrected chi connectivity index (χ0v) is 26.6. The maximum atomic E-state index is 6.70. The summed E-state index contributed by atoms with van der Waals surface area (Å²) in [7, 11) is 2.19. The average Bonchev–Trinajstić information content (AvgIpc) is 3.78. The van der Waals surface area contributed by atoms with E-state index in [1.54, 1.807) is 0 Å². The number of hydrogen-bond donors (Lipinski definition) is 0. The number of hydrogen-bond acceptors (Lipinski definition) is 6. The van der Waals surface area contributed by atoms with Crippen molar-refractivity contribution in [2.45, 2.75) is 122 Å². The van der Waals surface area contributed by atoms with Gasteiger partial charge in [0, 0.05) is 31.6 Å². The van der Waals surface area contributed by atoms with Gasteiger partial charge in [0.2, 0.25) is 0 Å². The molecular formula is C33H49BrN4O2. The number of ether oxygens (including phenoxy) is 2. The number of likely N-dealkylation sites (tertiary alicyclic amines) is 1. The zero-order chi connectivity index (χ0) is 27.7. The van der Waals surface area contributed by atoms with Crippen molar-refractivity contribution < 1.29 is 9.47 Å². The molecule has 220 valence electrons. The monoisotopic (exact) mass is 612 g/mol. The van der Waals surface area contributed by atoms with Gasteiger partial charge in [-0.15, -0.1) is 0 Å². The largest absolute Gasteiger partial charge is 0.487 e. The second kappa shape index (κ2) is 12.3. The molecule has 6 nitrogen and oxygen atoms in total. The number of piperidine rings is 2. The first-order chi connectivity index (χ1) is 19.5. The molecule has 0 N–H and O–H groups in total. The molecule has 0 spiro atoms. The molecule has 0 atom stereocenters. The van der Waals surface area contributed by atoms with Crippen LogP contribution in [-0.4, -0.2) is 60.3 Å². The first-order valence-corrected chi connectivity index (χ1v) is 17.1. The Morgan fingerprint density at radius 2 is 1.65 bits per heavy atom. The number of fused-ring (bicyclic) bond motifs is 1. The Hall–Kier alpha value is -1.60. The van der Waals surface area contributed by atoms with Gasteiger partial charge in [0.1, 0.15) is 17.4 Å². The van der Waals surface area contributed by atoms with Gasteiger partial charge in [0.25, 0.3) is 0 Å². The summed E-state index contributed by atoms with van der Waals surface area (Å²) in [5.41, 5.74) is 2.77. The van der Waals surface area contributed by atoms with Crippen LogP contribution in [0.15, 0.2) is 10.5 Å². The van der Waals surface area contributed by atoms with Crippen molar-refractivity contribution in [3.63, 3.8) is 0 Å². The van der Waals surface area contributed by atoms with Crippen molar-refractivity contribution in [2.24, 2.45) is 5.41 Å². The molecule has 2 aromatic rings. The van der Waals surface area contributed by atoms with Crippen LogP contribution in [0.3, 0.4) is 0 Å². The molecule has 4 aliphatic rings. The second-order valence-electron chi connectivity index (χ2n) is 13.2. The lowest BCUT2D eigenvalue weighted by Gasteiger charge is -2.42. The van der Waals surface area contributed by atoms with Crippen LogP contribution in [0.25, 0.3) is 10.9 Å². The number of benzene rings is 1. The molecule has 2 aliphatic carbocycles. The Balaban J connectivity index is 1.36. The highest BCUT2D eigenvalue weighted by molar-refractivity contribution is 9.10. The van der Waals surface area contributed by atoms with Gasteiger partial charge in [0.15, 0.2) is 5.75 Å². The van der Waals surface area contributed by atoms with Crippen LogP contribution >= 0.6 is 15.9 Å². The van der Waals surface area contributed by atoms with E-state index in [1.165, 1.54) is 69.8 Å². The molecule has 1 aromatic carbocycles. The maximum Gasteiger partial charge on any atom is 0.319 e. The molecular weight excluding hydrogens is 564 g/mol. The van der Waals surface area contributed by atoms with Crippen LogP contribution in [0.1, 0.15) is 115 Å². The lowest BCUT2D eigenvalue weighted by atomic mass is 9.72. The van der Waals surface area contributed by atoms with Crippen molar-refractivity contribution in [1.82, 2.24) is 14.9 Å². The van der Waals surface area contributed by atoms with Crippen molar-refractivity contribution in [3.05, 3.63) is 16.1 Å². The molecule has 6 rings (SSSR count). The lowest BCUT2D eigenvalue weighted by molar-refractivity contribution is 0.105. The summed E-state index contributed by atoms with van der Waals surface area (Å²) in [6.07, 6.45) is 17.6. The molecule has 0 bridgehead atoms. The Morgan fingerprint density at radius 1 is 0.925 bits per heavy atom. The summed E-state index contributed by atoms with van der Waals surface area (Å²) in [5.74, 6) is 2.58. The van der Waals surface area contributed by atoms with Crippen molar-refractivity contribution >= 4 is 32.7 Å². The van der Waals surface area contributed by atoms with E-state index < -0.39 is 0 Å². The van der Waals surface area contributed by atoms with E-state index in [4.69, 9.17) is 19.4 Å². The molecule has 2 aliphatic heterocycles. The molecule has 0 amide bonds. The number of anilines is 1. The molecule has 0 radical (unpaired) electrons. The van der Waals surface area contributed by atoms with E-state index in [1.807, 2.05) is 0 Å². The van der Waals surface area contributed by atoms with Gasteiger partial charge in [0.05, 0.1) is 10.6 Å². The fourth-order valence-corrected chi connectivity index (χ4v) is 7.64. The van der Waals surface area contributed by atoms with Crippen LogP contribution in [0.4, 0.5) is 5.82 Å². The fraction of sp³-hybridized carbons (Fsp3) is 0.758. The predicted molar refractivity (Wildman–Crippen MR) is 167 cm³/mol. The van der Waals surface area contributed by atoms with Gasteiger partial charge in [-0.05, 0) is 110 Å². The molecule has 2 saturated heterocycles. The normalized spacial score (nSPS) is 22.4. The molecule has 7 heteroatoms. The average molecular weight is 614 g/mol. The van der Waals surface area contributed by atoms with Crippen LogP contribution in [0.5, 0.6) is 11.8 Å². The molecule has 4 fully saturated rings. The summed E-state index contributed by atoms with van der Waals surface area (Å²) in [5, 5.41) is 1.14. The smallest absolute Gasteiger partial charge is 0.319 e. The van der Waals surface area contributed by atoms with Crippen molar-refractivity contribution in [2.75, 3.05) is 38.1 Å². The number of halogens is 1. The summed E-state index contributed by atoms with van der Waals surface area (Å²) in [6.45, 7) is 8.92. The number of rotatable bonds is 11. The third kappa shape index (κ3) is 6.11. The standard InChI is InChI=1S/C33H49BrN4O2/c1-4-6-7-15-33(5-2)16-20-38(21-17-33)31-27-22-26(23-11-12-23)28(34)30(39-24-9-8-10-24)29(27)35-32(36-31)40-25-13-18-37(3)19-14-25/h22-25H,4-21H2,1-3H3. The Bertz CT molecular complexity index is 1160. The van der Waals surface area contributed by atoms with Gasteiger partial charge < -0.3 is 19.3 Å². The van der Waals surface area contributed by atoms with E-state index >= 15 is 0 Å². The first-order valence-electron chi connectivity index (χ1n) is 16.3. The Morgan fingerprint density at radius 3 is 2.27 bits per heavy atom. The predicted octanol–water partition coefficient (Wildman–Crippen LogP) is 8.25. The van der Waals surface area contributed by atoms with E-state index in [0.29, 0.717) is 17.3 Å². The van der Waals surface area contributed by atoms with Gasteiger partial charge in [-0.3, -0.25) is 0 Å².